The van der Waals surface area contributed by atoms with E-state index in [1.54, 1.807) is 13.3 Å². The van der Waals surface area contributed by atoms with Gasteiger partial charge in [0.15, 0.2) is 0 Å². The van der Waals surface area contributed by atoms with Crippen molar-refractivity contribution in [3.63, 3.8) is 0 Å². The number of aliphatic carboxylic acids is 1. The summed E-state index contributed by atoms with van der Waals surface area (Å²) in [7, 11) is 0. The molecule has 1 atom stereocenters. The Morgan fingerprint density at radius 1 is 0.490 bits per heavy atom. The summed E-state index contributed by atoms with van der Waals surface area (Å²) in [4.78, 5) is 13.3. The van der Waals surface area contributed by atoms with E-state index in [1.807, 2.05) is 78.9 Å². The topological polar surface area (TPSA) is 40.1 Å². The number of hydrogen-bond acceptors (Lipinski definition) is 2. The molecule has 0 saturated carbocycles. The van der Waals surface area contributed by atoms with E-state index in [9.17, 15) is 9.90 Å². The third-order valence-corrected chi connectivity index (χ3v) is 19.8. The fourth-order valence-corrected chi connectivity index (χ4v) is 17.1. The average Bonchev–Trinajstić information content (AvgIpc) is 3.17. The van der Waals surface area contributed by atoms with Gasteiger partial charge in [-0.2, -0.15) is 0 Å². The second-order valence-electron chi connectivity index (χ2n) is 14.9. The molecular weight excluding hydrogens is 727 g/mol. The zero-order chi connectivity index (χ0) is 36.8. The van der Waals surface area contributed by atoms with Crippen molar-refractivity contribution in [2.24, 2.45) is 0 Å². The molecule has 3 heteroatoms. The minimum atomic E-state index is -1.25. The van der Waals surface area contributed by atoms with E-state index in [2.05, 4.69) is 39.8 Å². The number of benzene rings is 3. The van der Waals surface area contributed by atoms with Gasteiger partial charge in [-0.05, 0) is 23.1 Å². The van der Waals surface area contributed by atoms with E-state index >= 15 is 0 Å². The minimum absolute atomic E-state index is 0.216. The maximum atomic E-state index is 13.3. The first-order valence-corrected chi connectivity index (χ1v) is 27.3. The van der Waals surface area contributed by atoms with Gasteiger partial charge in [-0.3, -0.25) is 0 Å². The van der Waals surface area contributed by atoms with E-state index in [-0.39, 0.29) is 5.92 Å². The van der Waals surface area contributed by atoms with Crippen LogP contribution in [0.3, 0.4) is 0 Å². The second-order valence-corrected chi connectivity index (χ2v) is 23.4. The molecule has 0 aliphatic heterocycles. The van der Waals surface area contributed by atoms with Crippen LogP contribution in [0.25, 0.3) is 0 Å². The Labute approximate surface area is 322 Å². The molecule has 0 amide bonds. The van der Waals surface area contributed by atoms with Crippen LogP contribution in [0.15, 0.2) is 91.0 Å². The van der Waals surface area contributed by atoms with Crippen molar-refractivity contribution in [1.82, 2.24) is 0 Å². The third-order valence-electron chi connectivity index (χ3n) is 10.8. The van der Waals surface area contributed by atoms with Crippen LogP contribution in [0.4, 0.5) is 0 Å². The maximum absolute atomic E-state index is 13.3. The number of unbranched alkanes of at least 4 members (excludes halogenated alkanes) is 15. The molecule has 0 fully saturated rings. The van der Waals surface area contributed by atoms with E-state index in [0.29, 0.717) is 0 Å². The molecule has 0 aliphatic carbocycles. The van der Waals surface area contributed by atoms with Crippen LogP contribution in [-0.4, -0.2) is 25.7 Å². The number of hydrogen-bond donors (Lipinski definition) is 0. The van der Waals surface area contributed by atoms with Crippen molar-refractivity contribution in [2.45, 2.75) is 181 Å². The van der Waals surface area contributed by atoms with Gasteiger partial charge in [0.05, 0.1) is 11.4 Å². The van der Waals surface area contributed by atoms with E-state index in [4.69, 9.17) is 0 Å². The molecular formula is C48H74O2Sn. The van der Waals surface area contributed by atoms with Gasteiger partial charge in [-0.25, -0.2) is 0 Å². The summed E-state index contributed by atoms with van der Waals surface area (Å²) in [6.07, 6.45) is 26.6. The summed E-state index contributed by atoms with van der Waals surface area (Å²) >= 11 is -0.839. The van der Waals surface area contributed by atoms with Crippen molar-refractivity contribution >= 4 is 25.7 Å². The molecule has 0 saturated heterocycles. The molecule has 0 aliphatic rings. The van der Waals surface area contributed by atoms with Crippen LogP contribution < -0.4 is 5.11 Å². The Bertz CT molecular complexity index is 1150. The Hall–Kier alpha value is -2.07. The van der Waals surface area contributed by atoms with Crippen LogP contribution in [0, 0.1) is 0 Å². The van der Waals surface area contributed by atoms with Crippen LogP contribution in [0.1, 0.15) is 179 Å². The van der Waals surface area contributed by atoms with Gasteiger partial charge < -0.3 is 9.90 Å². The first kappa shape index (κ1) is 45.1. The Balaban J connectivity index is 0.000000588. The Morgan fingerprint density at radius 2 is 0.824 bits per heavy atom. The van der Waals surface area contributed by atoms with Crippen molar-refractivity contribution in [2.75, 3.05) is 0 Å². The fraction of sp³-hybridized carbons (Fsp3) is 0.604. The van der Waals surface area contributed by atoms with Crippen molar-refractivity contribution in [1.29, 1.82) is 0 Å². The van der Waals surface area contributed by atoms with E-state index in [0.717, 1.165) is 36.0 Å². The molecule has 282 valence electrons. The van der Waals surface area contributed by atoms with Gasteiger partial charge in [0.1, 0.15) is 0 Å². The number of carbonyl (C=O) groups excluding carboxylic acids is 1. The third kappa shape index (κ3) is 17.1. The molecule has 1 unspecified atom stereocenters. The first-order valence-electron chi connectivity index (χ1n) is 21.3. The van der Waals surface area contributed by atoms with Crippen LogP contribution in [0.2, 0.25) is 13.3 Å². The summed E-state index contributed by atoms with van der Waals surface area (Å²) in [5, 5.41) is 13.3. The summed E-state index contributed by atoms with van der Waals surface area (Å²) in [6.45, 7) is 9.27. The van der Waals surface area contributed by atoms with Crippen molar-refractivity contribution < 1.29 is 9.90 Å². The summed E-state index contributed by atoms with van der Waals surface area (Å²) in [5.41, 5.74) is 1.38. The second kappa shape index (κ2) is 29.4. The van der Waals surface area contributed by atoms with Gasteiger partial charge in [-0.1, -0.05) is 181 Å². The molecule has 0 heterocycles. The van der Waals surface area contributed by atoms with Gasteiger partial charge in [0.25, 0.3) is 0 Å². The quantitative estimate of drug-likeness (QED) is 0.0542. The summed E-state index contributed by atoms with van der Waals surface area (Å²) in [6, 6.07) is 29.6. The van der Waals surface area contributed by atoms with Crippen LogP contribution in [-0.2, 0) is 10.2 Å². The molecule has 51 heavy (non-hydrogen) atoms. The van der Waals surface area contributed by atoms with Gasteiger partial charge >= 0.3 is 92.4 Å². The molecule has 2 nitrogen and oxygen atoms in total. The summed E-state index contributed by atoms with van der Waals surface area (Å²) < 4.78 is 5.04. The molecule has 0 radical (unpaired) electrons. The first-order chi connectivity index (χ1) is 25.1. The molecule has 0 N–H and O–H groups in total. The SMILES string of the molecule is CCCCCCCCCCCCCCCC(c1ccccc1)C(C(=O)[O-])(c1ccccc1)c1ccccc1.CCC[CH2][Sn+]([CH2]CCC)[CH2]CCC. The van der Waals surface area contributed by atoms with Crippen LogP contribution in [0.5, 0.6) is 0 Å². The normalized spacial score (nSPS) is 11.8. The van der Waals surface area contributed by atoms with Gasteiger partial charge in [-0.15, -0.1) is 0 Å². The molecule has 0 aromatic heterocycles. The van der Waals surface area contributed by atoms with Gasteiger partial charge in [0.2, 0.25) is 0 Å². The number of rotatable bonds is 28. The zero-order valence-corrected chi connectivity index (χ0v) is 36.2. The standard InChI is InChI=1S/C36H48O2.3C4H9.Sn/c1-2-3-4-5-6-7-8-9-10-11-12-13-23-30-34(31-24-17-14-18-25-31)36(35(37)38,32-26-19-15-20-27-32)33-28-21-16-22-29-33;3*1-3-4-2;/h14-22,24-29,34H,2-13,23,30H2,1H3,(H,37,38);3*1,3-4H2,2H3;/q;;;;+1/p-1. The molecule has 3 aromatic rings. The monoisotopic (exact) mass is 802 g/mol. The molecule has 0 spiro atoms. The fourth-order valence-electron chi connectivity index (χ4n) is 7.69. The molecule has 3 rings (SSSR count). The average molecular weight is 802 g/mol. The van der Waals surface area contributed by atoms with Crippen molar-refractivity contribution in [3.8, 4) is 0 Å². The van der Waals surface area contributed by atoms with Crippen LogP contribution >= 0.6 is 0 Å². The molecule has 3 aromatic carbocycles. The number of carbonyl (C=O) groups is 1. The Kier molecular flexibility index (Phi) is 26.0. The van der Waals surface area contributed by atoms with E-state index < -0.39 is 31.1 Å². The predicted octanol–water partition coefficient (Wildman–Crippen LogP) is 13.9. The van der Waals surface area contributed by atoms with Crippen molar-refractivity contribution in [3.05, 3.63) is 108 Å². The summed E-state index contributed by atoms with van der Waals surface area (Å²) in [5.74, 6) is -1.25. The predicted molar refractivity (Wildman–Crippen MR) is 223 cm³/mol. The van der Waals surface area contributed by atoms with Gasteiger partial charge in [0, 0.05) is 5.92 Å². The number of carboxylic acid groups (broad SMARTS) is 1. The Morgan fingerprint density at radius 3 is 1.18 bits per heavy atom. The van der Waals surface area contributed by atoms with E-state index in [1.165, 1.54) is 109 Å². The number of carboxylic acids is 1. The zero-order valence-electron chi connectivity index (χ0n) is 33.3. The molecule has 0 bridgehead atoms.